The molecule has 37 heavy (non-hydrogen) atoms. The Labute approximate surface area is 211 Å². The van der Waals surface area contributed by atoms with Crippen molar-refractivity contribution in [1.82, 2.24) is 10.6 Å². The SMILES string of the molecule is O=C[C@H](CC(=O)O)NC(=O)CN1C(=O)[C@@H](NC(=O)c2ccccc2)CN(C(=O)CCO)c2ccccc21. The standard InChI is InChI=1S/C25H26N4O8/c30-11-10-22(33)28-13-18(27-24(36)16-6-2-1-3-7-16)25(37)29(20-9-5-4-8-19(20)28)14-21(32)26-17(15-31)12-23(34)35/h1-9,15,17-18,30H,10-14H2,(H,26,32)(H,27,36)(H,34,35)/t17-,18-/m0/s1. The molecule has 1 aliphatic heterocycles. The molecule has 194 valence electrons. The molecule has 0 radical (unpaired) electrons. The van der Waals surface area contributed by atoms with Crippen LogP contribution in [0.25, 0.3) is 0 Å². The smallest absolute Gasteiger partial charge is 0.305 e. The molecule has 12 nitrogen and oxygen atoms in total. The van der Waals surface area contributed by atoms with Gasteiger partial charge in [-0.2, -0.15) is 0 Å². The lowest BCUT2D eigenvalue weighted by Gasteiger charge is -2.25. The number of carbonyl (C=O) groups excluding carboxylic acids is 5. The maximum Gasteiger partial charge on any atom is 0.305 e. The Morgan fingerprint density at radius 1 is 1.03 bits per heavy atom. The molecule has 2 atom stereocenters. The summed E-state index contributed by atoms with van der Waals surface area (Å²) < 4.78 is 0. The van der Waals surface area contributed by atoms with Crippen LogP contribution >= 0.6 is 0 Å². The van der Waals surface area contributed by atoms with E-state index in [1.807, 2.05) is 0 Å². The number of nitrogens with one attached hydrogen (secondary N) is 2. The van der Waals surface area contributed by atoms with Gasteiger partial charge in [-0.15, -0.1) is 0 Å². The van der Waals surface area contributed by atoms with Crippen LogP contribution in [0.4, 0.5) is 11.4 Å². The third kappa shape index (κ3) is 6.76. The van der Waals surface area contributed by atoms with Gasteiger partial charge in [0.25, 0.3) is 11.8 Å². The minimum absolute atomic E-state index is 0.186. The number of aliphatic hydroxyl groups is 1. The summed E-state index contributed by atoms with van der Waals surface area (Å²) in [4.78, 5) is 76.6. The molecule has 0 bridgehead atoms. The second-order valence-corrected chi connectivity index (χ2v) is 8.19. The molecule has 12 heteroatoms. The van der Waals surface area contributed by atoms with E-state index in [0.29, 0.717) is 0 Å². The number of benzene rings is 2. The highest BCUT2D eigenvalue weighted by Crippen LogP contribution is 2.33. The summed E-state index contributed by atoms with van der Waals surface area (Å²) in [6.07, 6.45) is -0.597. The zero-order valence-electron chi connectivity index (χ0n) is 19.7. The number of fused-ring (bicyclic) bond motifs is 1. The summed E-state index contributed by atoms with van der Waals surface area (Å²) in [5.41, 5.74) is 0.736. The van der Waals surface area contributed by atoms with Gasteiger partial charge < -0.3 is 30.5 Å². The number of anilines is 2. The van der Waals surface area contributed by atoms with E-state index in [1.165, 1.54) is 11.0 Å². The molecule has 0 aliphatic carbocycles. The fourth-order valence-electron chi connectivity index (χ4n) is 3.87. The molecule has 2 aromatic rings. The van der Waals surface area contributed by atoms with E-state index in [-0.39, 0.29) is 36.2 Å². The van der Waals surface area contributed by atoms with Gasteiger partial charge in [0.15, 0.2) is 0 Å². The number of aliphatic hydroxyl groups excluding tert-OH is 1. The number of nitrogens with zero attached hydrogens (tertiary/aromatic N) is 2. The highest BCUT2D eigenvalue weighted by Gasteiger charge is 2.37. The second-order valence-electron chi connectivity index (χ2n) is 8.19. The van der Waals surface area contributed by atoms with Crippen LogP contribution in [0, 0.1) is 0 Å². The molecule has 0 aromatic heterocycles. The molecular weight excluding hydrogens is 484 g/mol. The summed E-state index contributed by atoms with van der Waals surface area (Å²) in [5.74, 6) is -3.89. The van der Waals surface area contributed by atoms with Gasteiger partial charge in [-0.1, -0.05) is 30.3 Å². The maximum atomic E-state index is 13.6. The Kier molecular flexibility index (Phi) is 9.05. The monoisotopic (exact) mass is 510 g/mol. The van der Waals surface area contributed by atoms with Crippen molar-refractivity contribution < 1.29 is 39.0 Å². The fraction of sp³-hybridized carbons (Fsp3) is 0.280. The van der Waals surface area contributed by atoms with Gasteiger partial charge in [-0.25, -0.2) is 0 Å². The van der Waals surface area contributed by atoms with Crippen molar-refractivity contribution >= 4 is 47.3 Å². The normalized spacial score (nSPS) is 15.7. The molecule has 0 unspecified atom stereocenters. The first kappa shape index (κ1) is 27.0. The minimum Gasteiger partial charge on any atom is -0.481 e. The zero-order valence-corrected chi connectivity index (χ0v) is 19.7. The number of carboxylic acid groups (broad SMARTS) is 1. The molecule has 0 spiro atoms. The third-order valence-corrected chi connectivity index (χ3v) is 5.57. The molecule has 0 saturated carbocycles. The fourth-order valence-corrected chi connectivity index (χ4v) is 3.87. The zero-order chi connectivity index (χ0) is 26.9. The van der Waals surface area contributed by atoms with Crippen LogP contribution in [0.15, 0.2) is 54.6 Å². The van der Waals surface area contributed by atoms with Crippen LogP contribution in [-0.2, 0) is 24.0 Å². The Morgan fingerprint density at radius 2 is 1.68 bits per heavy atom. The Bertz CT molecular complexity index is 1190. The average Bonchev–Trinajstić information content (AvgIpc) is 2.99. The molecule has 0 saturated heterocycles. The summed E-state index contributed by atoms with van der Waals surface area (Å²) in [7, 11) is 0. The van der Waals surface area contributed by atoms with Gasteiger partial charge in [0.1, 0.15) is 18.9 Å². The van der Waals surface area contributed by atoms with Crippen LogP contribution in [0.5, 0.6) is 0 Å². The highest BCUT2D eigenvalue weighted by atomic mass is 16.4. The number of amides is 4. The van der Waals surface area contributed by atoms with Gasteiger partial charge in [0.05, 0.1) is 43.4 Å². The molecule has 2 aromatic carbocycles. The third-order valence-electron chi connectivity index (χ3n) is 5.57. The Hall–Kier alpha value is -4.58. The van der Waals surface area contributed by atoms with Crippen molar-refractivity contribution in [3.63, 3.8) is 0 Å². The summed E-state index contributed by atoms with van der Waals surface area (Å²) in [6.45, 7) is -1.31. The lowest BCUT2D eigenvalue weighted by atomic mass is 10.1. The molecular formula is C25H26N4O8. The van der Waals surface area contributed by atoms with Gasteiger partial charge in [-0.05, 0) is 24.3 Å². The number of rotatable bonds is 10. The van der Waals surface area contributed by atoms with Gasteiger partial charge in [-0.3, -0.25) is 28.9 Å². The predicted octanol–water partition coefficient (Wildman–Crippen LogP) is -0.294. The lowest BCUT2D eigenvalue weighted by molar-refractivity contribution is -0.139. The summed E-state index contributed by atoms with van der Waals surface area (Å²) >= 11 is 0. The first-order valence-corrected chi connectivity index (χ1v) is 11.4. The molecule has 1 heterocycles. The quantitative estimate of drug-likeness (QED) is 0.315. The predicted molar refractivity (Wildman–Crippen MR) is 131 cm³/mol. The van der Waals surface area contributed by atoms with Crippen LogP contribution in [-0.4, -0.2) is 77.9 Å². The number of hydrogen-bond donors (Lipinski definition) is 4. The minimum atomic E-state index is -1.31. The first-order chi connectivity index (χ1) is 17.7. The van der Waals surface area contributed by atoms with Crippen LogP contribution < -0.4 is 20.4 Å². The van der Waals surface area contributed by atoms with Gasteiger partial charge >= 0.3 is 5.97 Å². The van der Waals surface area contributed by atoms with E-state index >= 15 is 0 Å². The van der Waals surface area contributed by atoms with E-state index in [1.54, 1.807) is 48.5 Å². The van der Waals surface area contributed by atoms with E-state index in [2.05, 4.69) is 10.6 Å². The van der Waals surface area contributed by atoms with Crippen molar-refractivity contribution in [1.29, 1.82) is 0 Å². The molecule has 3 rings (SSSR count). The highest BCUT2D eigenvalue weighted by molar-refractivity contribution is 6.11. The maximum absolute atomic E-state index is 13.6. The first-order valence-electron chi connectivity index (χ1n) is 11.4. The van der Waals surface area contributed by atoms with E-state index in [9.17, 15) is 33.9 Å². The van der Waals surface area contributed by atoms with E-state index < -0.39 is 61.3 Å². The van der Waals surface area contributed by atoms with Crippen molar-refractivity contribution in [3.05, 3.63) is 60.2 Å². The second kappa shape index (κ2) is 12.4. The van der Waals surface area contributed by atoms with Gasteiger partial charge in [0.2, 0.25) is 11.8 Å². The van der Waals surface area contributed by atoms with Crippen LogP contribution in [0.3, 0.4) is 0 Å². The average molecular weight is 511 g/mol. The number of aliphatic carboxylic acids is 1. The number of carboxylic acids is 1. The summed E-state index contributed by atoms with van der Waals surface area (Å²) in [6, 6.07) is 11.8. The molecule has 4 amide bonds. The number of carbonyl (C=O) groups is 6. The molecule has 0 fully saturated rings. The van der Waals surface area contributed by atoms with Crippen molar-refractivity contribution in [2.75, 3.05) is 29.5 Å². The lowest BCUT2D eigenvalue weighted by Crippen LogP contribution is -2.54. The van der Waals surface area contributed by atoms with Crippen LogP contribution in [0.2, 0.25) is 0 Å². The molecule has 4 N–H and O–H groups in total. The topological polar surface area (TPSA) is 173 Å². The number of hydrogen-bond acceptors (Lipinski definition) is 7. The molecule has 1 aliphatic rings. The van der Waals surface area contributed by atoms with Crippen molar-refractivity contribution in [3.8, 4) is 0 Å². The number of para-hydroxylation sites is 2. The van der Waals surface area contributed by atoms with Crippen molar-refractivity contribution in [2.45, 2.75) is 24.9 Å². The Morgan fingerprint density at radius 3 is 2.30 bits per heavy atom. The van der Waals surface area contributed by atoms with E-state index in [0.717, 1.165) is 4.90 Å². The van der Waals surface area contributed by atoms with Crippen LogP contribution in [0.1, 0.15) is 23.2 Å². The largest absolute Gasteiger partial charge is 0.481 e. The van der Waals surface area contributed by atoms with Gasteiger partial charge in [0, 0.05) is 5.56 Å². The van der Waals surface area contributed by atoms with E-state index in [4.69, 9.17) is 5.11 Å². The Balaban J connectivity index is 1.97. The number of aldehydes is 1. The summed E-state index contributed by atoms with van der Waals surface area (Å²) in [5, 5.41) is 23.1. The van der Waals surface area contributed by atoms with Crippen molar-refractivity contribution in [2.24, 2.45) is 0 Å².